The number of hydrogen-bond donors (Lipinski definition) is 3. The predicted octanol–water partition coefficient (Wildman–Crippen LogP) is 1.22. The van der Waals surface area contributed by atoms with Crippen molar-refractivity contribution in [1.29, 1.82) is 0 Å². The van der Waals surface area contributed by atoms with E-state index in [4.69, 9.17) is 4.74 Å². The first kappa shape index (κ1) is 21.9. The van der Waals surface area contributed by atoms with E-state index in [-0.39, 0.29) is 36.0 Å². The van der Waals surface area contributed by atoms with Gasteiger partial charge >= 0.3 is 0 Å². The topological polar surface area (TPSA) is 82.0 Å². The van der Waals surface area contributed by atoms with Crippen LogP contribution in [0.5, 0.6) is 0 Å². The minimum atomic E-state index is 0. The fourth-order valence-electron chi connectivity index (χ4n) is 2.80. The number of aliphatic hydroxyl groups excluding tert-OH is 1. The Labute approximate surface area is 167 Å². The second-order valence-corrected chi connectivity index (χ2v) is 6.47. The third kappa shape index (κ3) is 6.59. The molecule has 1 aromatic heterocycles. The van der Waals surface area contributed by atoms with E-state index in [0.717, 1.165) is 43.3 Å². The van der Waals surface area contributed by atoms with Crippen LogP contribution in [0.25, 0.3) is 0 Å². The predicted molar refractivity (Wildman–Crippen MR) is 112 cm³/mol. The number of guanidine groups is 1. The quantitative estimate of drug-likeness (QED) is 0.321. The van der Waals surface area contributed by atoms with Gasteiger partial charge in [-0.25, -0.2) is 4.98 Å². The van der Waals surface area contributed by atoms with Crippen LogP contribution in [-0.4, -0.2) is 63.6 Å². The van der Waals surface area contributed by atoms with Crippen molar-refractivity contribution in [2.45, 2.75) is 19.4 Å². The molecule has 1 aliphatic rings. The third-order valence-corrected chi connectivity index (χ3v) is 4.41. The Balaban J connectivity index is 0.00000312. The molecule has 2 heterocycles. The fraction of sp³-hybridized carbons (Fsp3) is 0.647. The van der Waals surface area contributed by atoms with Gasteiger partial charge in [-0.3, -0.25) is 4.99 Å². The van der Waals surface area contributed by atoms with E-state index in [1.807, 2.05) is 31.3 Å². The molecule has 8 heteroatoms. The van der Waals surface area contributed by atoms with Crippen LogP contribution in [0, 0.1) is 5.41 Å². The molecule has 1 saturated heterocycles. The van der Waals surface area contributed by atoms with E-state index in [9.17, 15) is 5.11 Å². The second kappa shape index (κ2) is 10.8. The molecule has 0 saturated carbocycles. The first-order valence-corrected chi connectivity index (χ1v) is 8.34. The molecule has 0 aromatic carbocycles. The smallest absolute Gasteiger partial charge is 0.191 e. The largest absolute Gasteiger partial charge is 0.396 e. The number of aliphatic hydroxyl groups is 1. The second-order valence-electron chi connectivity index (χ2n) is 6.47. The summed E-state index contributed by atoms with van der Waals surface area (Å²) < 4.78 is 5.52. The third-order valence-electron chi connectivity index (χ3n) is 4.41. The number of ether oxygens (including phenoxy) is 1. The van der Waals surface area contributed by atoms with E-state index in [1.165, 1.54) is 0 Å². The van der Waals surface area contributed by atoms with Crippen LogP contribution in [0.3, 0.4) is 0 Å². The zero-order valence-corrected chi connectivity index (χ0v) is 17.6. The SMILES string of the molecule is CN=C(NCc1ccnc(N(C)C)c1)NCC1(CCO)CCOC1.I. The zero-order chi connectivity index (χ0) is 17.4. The summed E-state index contributed by atoms with van der Waals surface area (Å²) in [5, 5.41) is 16.0. The van der Waals surface area contributed by atoms with Crippen molar-refractivity contribution in [2.75, 3.05) is 52.4 Å². The molecular weight excluding hydrogens is 433 g/mol. The van der Waals surface area contributed by atoms with Gasteiger partial charge in [0.1, 0.15) is 5.82 Å². The van der Waals surface area contributed by atoms with Crippen LogP contribution in [0.15, 0.2) is 23.3 Å². The summed E-state index contributed by atoms with van der Waals surface area (Å²) in [5.74, 6) is 1.68. The standard InChI is InChI=1S/C17H29N5O2.HI/c1-18-16(21-12-17(5-8-23)6-9-24-13-17)20-11-14-4-7-19-15(10-14)22(2)3;/h4,7,10,23H,5-6,8-9,11-13H2,1-3H3,(H2,18,20,21);1H. The van der Waals surface area contributed by atoms with Crippen molar-refractivity contribution in [1.82, 2.24) is 15.6 Å². The molecule has 1 aromatic rings. The number of nitrogens with zero attached hydrogens (tertiary/aromatic N) is 3. The lowest BCUT2D eigenvalue weighted by molar-refractivity contribution is 0.127. The van der Waals surface area contributed by atoms with E-state index >= 15 is 0 Å². The number of hydrogen-bond acceptors (Lipinski definition) is 5. The lowest BCUT2D eigenvalue weighted by Gasteiger charge is -2.27. The Hall–Kier alpha value is -1.13. The van der Waals surface area contributed by atoms with Crippen LogP contribution in [0.2, 0.25) is 0 Å². The monoisotopic (exact) mass is 463 g/mol. The number of anilines is 1. The van der Waals surface area contributed by atoms with Gasteiger partial charge in [0.05, 0.1) is 6.61 Å². The van der Waals surface area contributed by atoms with Gasteiger partial charge in [-0.2, -0.15) is 0 Å². The number of nitrogens with one attached hydrogen (secondary N) is 2. The van der Waals surface area contributed by atoms with Crippen LogP contribution in [-0.2, 0) is 11.3 Å². The minimum Gasteiger partial charge on any atom is -0.396 e. The van der Waals surface area contributed by atoms with E-state index in [1.54, 1.807) is 7.05 Å². The van der Waals surface area contributed by atoms with Crippen LogP contribution >= 0.6 is 24.0 Å². The summed E-state index contributed by atoms with van der Waals surface area (Å²) in [5.41, 5.74) is 1.15. The van der Waals surface area contributed by atoms with Crippen molar-refractivity contribution in [3.05, 3.63) is 23.9 Å². The number of aliphatic imine (C=N–C) groups is 1. The van der Waals surface area contributed by atoms with Gasteiger partial charge in [0, 0.05) is 59.1 Å². The van der Waals surface area contributed by atoms with E-state index in [0.29, 0.717) is 13.2 Å². The Kier molecular flexibility index (Phi) is 9.44. The first-order valence-electron chi connectivity index (χ1n) is 8.34. The number of aromatic nitrogens is 1. The zero-order valence-electron chi connectivity index (χ0n) is 15.3. The molecule has 0 bridgehead atoms. The van der Waals surface area contributed by atoms with Crippen LogP contribution in [0.4, 0.5) is 5.82 Å². The van der Waals surface area contributed by atoms with Gasteiger partial charge in [-0.15, -0.1) is 24.0 Å². The molecule has 0 amide bonds. The molecule has 1 fully saturated rings. The molecule has 0 radical (unpaired) electrons. The average Bonchev–Trinajstić information content (AvgIpc) is 3.04. The van der Waals surface area contributed by atoms with Crippen molar-refractivity contribution >= 4 is 35.8 Å². The summed E-state index contributed by atoms with van der Waals surface area (Å²) in [6.45, 7) is 3.05. The Morgan fingerprint density at radius 2 is 2.24 bits per heavy atom. The normalized spacial score (nSPS) is 20.1. The molecule has 1 atom stereocenters. The highest BCUT2D eigenvalue weighted by molar-refractivity contribution is 14.0. The molecule has 1 aliphatic heterocycles. The van der Waals surface area contributed by atoms with Gasteiger partial charge in [-0.1, -0.05) is 0 Å². The molecule has 7 nitrogen and oxygen atoms in total. The van der Waals surface area contributed by atoms with Gasteiger partial charge in [0.15, 0.2) is 5.96 Å². The number of halogens is 1. The maximum Gasteiger partial charge on any atom is 0.191 e. The maximum atomic E-state index is 9.30. The van der Waals surface area contributed by atoms with Crippen LogP contribution in [0.1, 0.15) is 18.4 Å². The van der Waals surface area contributed by atoms with Gasteiger partial charge in [-0.05, 0) is 30.5 Å². The summed E-state index contributed by atoms with van der Waals surface area (Å²) >= 11 is 0. The fourth-order valence-corrected chi connectivity index (χ4v) is 2.80. The van der Waals surface area contributed by atoms with Gasteiger partial charge < -0.3 is 25.4 Å². The Morgan fingerprint density at radius 1 is 1.44 bits per heavy atom. The minimum absolute atomic E-state index is 0. The van der Waals surface area contributed by atoms with E-state index in [2.05, 4.69) is 26.7 Å². The highest BCUT2D eigenvalue weighted by Gasteiger charge is 2.34. The molecular formula is C17H30IN5O2. The van der Waals surface area contributed by atoms with E-state index < -0.39 is 0 Å². The highest BCUT2D eigenvalue weighted by Crippen LogP contribution is 2.31. The maximum absolute atomic E-state index is 9.30. The average molecular weight is 463 g/mol. The van der Waals surface area contributed by atoms with Gasteiger partial charge in [0.25, 0.3) is 0 Å². The van der Waals surface area contributed by atoms with Crippen LogP contribution < -0.4 is 15.5 Å². The number of rotatable bonds is 7. The molecule has 0 aliphatic carbocycles. The van der Waals surface area contributed by atoms with Crippen molar-refractivity contribution in [3.63, 3.8) is 0 Å². The molecule has 1 unspecified atom stereocenters. The lowest BCUT2D eigenvalue weighted by Crippen LogP contribution is -2.44. The lowest BCUT2D eigenvalue weighted by atomic mass is 9.84. The summed E-state index contributed by atoms with van der Waals surface area (Å²) in [6.07, 6.45) is 3.52. The first-order chi connectivity index (χ1) is 11.6. The summed E-state index contributed by atoms with van der Waals surface area (Å²) in [7, 11) is 5.71. The van der Waals surface area contributed by atoms with Crippen molar-refractivity contribution < 1.29 is 9.84 Å². The molecule has 0 spiro atoms. The summed E-state index contributed by atoms with van der Waals surface area (Å²) in [6, 6.07) is 4.05. The molecule has 25 heavy (non-hydrogen) atoms. The van der Waals surface area contributed by atoms with Crippen molar-refractivity contribution in [2.24, 2.45) is 10.4 Å². The van der Waals surface area contributed by atoms with Crippen molar-refractivity contribution in [3.8, 4) is 0 Å². The Morgan fingerprint density at radius 3 is 2.84 bits per heavy atom. The van der Waals surface area contributed by atoms with Gasteiger partial charge in [0.2, 0.25) is 0 Å². The number of pyridine rings is 1. The molecule has 3 N–H and O–H groups in total. The highest BCUT2D eigenvalue weighted by atomic mass is 127. The Bertz CT molecular complexity index is 548. The summed E-state index contributed by atoms with van der Waals surface area (Å²) in [4.78, 5) is 10.6. The molecule has 2 rings (SSSR count). The molecule has 142 valence electrons.